The molecule has 0 bridgehead atoms. The highest BCUT2D eigenvalue weighted by Gasteiger charge is 2.22. The second kappa shape index (κ2) is 6.29. The van der Waals surface area contributed by atoms with Gasteiger partial charge in [0.05, 0.1) is 6.54 Å². The van der Waals surface area contributed by atoms with Gasteiger partial charge in [-0.05, 0) is 65.0 Å². The van der Waals surface area contributed by atoms with Crippen molar-refractivity contribution in [2.24, 2.45) is 0 Å². The molecule has 0 aliphatic heterocycles. The monoisotopic (exact) mass is 362 g/mol. The smallest absolute Gasteiger partial charge is 0.183 e. The van der Waals surface area contributed by atoms with Gasteiger partial charge < -0.3 is 9.88 Å². The molecule has 0 spiro atoms. The van der Waals surface area contributed by atoms with Crippen LogP contribution in [0.2, 0.25) is 0 Å². The van der Waals surface area contributed by atoms with E-state index < -0.39 is 0 Å². The first-order valence-corrected chi connectivity index (χ1v) is 8.21. The van der Waals surface area contributed by atoms with E-state index in [2.05, 4.69) is 53.5 Å². The van der Waals surface area contributed by atoms with Crippen LogP contribution in [0.3, 0.4) is 0 Å². The van der Waals surface area contributed by atoms with Crippen LogP contribution in [0.5, 0.6) is 0 Å². The first-order chi connectivity index (χ1) is 10.2. The Labute approximate surface area is 140 Å². The Balaban J connectivity index is 2.15. The van der Waals surface area contributed by atoms with Crippen LogP contribution < -0.4 is 5.32 Å². The minimum absolute atomic E-state index is 0.0220. The second-order valence-electron chi connectivity index (χ2n) is 6.57. The molecule has 22 heavy (non-hydrogen) atoms. The average molecular weight is 363 g/mol. The molecule has 0 unspecified atom stereocenters. The molecule has 1 heterocycles. The highest BCUT2D eigenvalue weighted by molar-refractivity contribution is 9.10. The van der Waals surface area contributed by atoms with Crippen LogP contribution in [0.15, 0.2) is 34.8 Å². The van der Waals surface area contributed by atoms with Crippen molar-refractivity contribution in [2.45, 2.75) is 40.2 Å². The summed E-state index contributed by atoms with van der Waals surface area (Å²) in [5, 5.41) is 3.19. The minimum Gasteiger partial charge on any atom is -0.378 e. The molecule has 0 saturated heterocycles. The Morgan fingerprint density at radius 2 is 1.77 bits per heavy atom. The fourth-order valence-electron chi connectivity index (χ4n) is 2.92. The lowest BCUT2D eigenvalue weighted by Crippen LogP contribution is -2.24. The second-order valence-corrected chi connectivity index (χ2v) is 7.49. The van der Waals surface area contributed by atoms with Gasteiger partial charge in [0, 0.05) is 32.7 Å². The summed E-state index contributed by atoms with van der Waals surface area (Å²) >= 11 is 3.40. The Kier molecular flexibility index (Phi) is 4.81. The molecule has 0 aliphatic carbocycles. The summed E-state index contributed by atoms with van der Waals surface area (Å²) in [4.78, 5) is 12.5. The predicted molar refractivity (Wildman–Crippen MR) is 95.9 cm³/mol. The van der Waals surface area contributed by atoms with E-state index in [1.807, 2.05) is 37.3 Å². The molecule has 2 aromatic rings. The normalized spacial score (nSPS) is 11.5. The Hall–Kier alpha value is -1.55. The number of hydrogen-bond donors (Lipinski definition) is 1. The van der Waals surface area contributed by atoms with Gasteiger partial charge in [0.2, 0.25) is 0 Å². The van der Waals surface area contributed by atoms with Crippen molar-refractivity contribution in [3.63, 3.8) is 0 Å². The summed E-state index contributed by atoms with van der Waals surface area (Å²) in [6.07, 6.45) is 0. The highest BCUT2D eigenvalue weighted by atomic mass is 79.9. The number of aryl methyl sites for hydroxylation is 1. The summed E-state index contributed by atoms with van der Waals surface area (Å²) in [5.74, 6) is 0.117. The zero-order chi connectivity index (χ0) is 16.5. The maximum absolute atomic E-state index is 12.5. The number of carbonyl (C=O) groups excluding carboxylic acids is 1. The summed E-state index contributed by atoms with van der Waals surface area (Å²) < 4.78 is 3.25. The predicted octanol–water partition coefficient (Wildman–Crippen LogP) is 4.92. The summed E-state index contributed by atoms with van der Waals surface area (Å²) in [6.45, 7) is 10.8. The molecule has 0 aliphatic rings. The van der Waals surface area contributed by atoms with Crippen LogP contribution in [0, 0.1) is 13.8 Å². The Morgan fingerprint density at radius 1 is 1.18 bits per heavy atom. The zero-order valence-electron chi connectivity index (χ0n) is 13.8. The van der Waals surface area contributed by atoms with Crippen LogP contribution in [-0.4, -0.2) is 16.9 Å². The summed E-state index contributed by atoms with van der Waals surface area (Å²) in [5.41, 5.74) is 3.88. The van der Waals surface area contributed by atoms with E-state index in [4.69, 9.17) is 0 Å². The molecule has 2 rings (SSSR count). The van der Waals surface area contributed by atoms with Crippen LogP contribution in [-0.2, 0) is 5.54 Å². The molecule has 1 N–H and O–H groups in total. The standard InChI is InChI=1S/C18H23BrN2O/c1-12-10-16(13(2)21(12)18(3,4)5)17(22)11-20-15-8-6-14(19)7-9-15/h6-10,20H,11H2,1-5H3. The van der Waals surface area contributed by atoms with E-state index in [1.165, 1.54) is 0 Å². The first-order valence-electron chi connectivity index (χ1n) is 7.42. The highest BCUT2D eigenvalue weighted by Crippen LogP contribution is 2.25. The lowest BCUT2D eigenvalue weighted by atomic mass is 10.1. The molecule has 118 valence electrons. The molecule has 0 fully saturated rings. The zero-order valence-corrected chi connectivity index (χ0v) is 15.4. The van der Waals surface area contributed by atoms with Crippen molar-refractivity contribution >= 4 is 27.4 Å². The van der Waals surface area contributed by atoms with E-state index in [1.54, 1.807) is 0 Å². The van der Waals surface area contributed by atoms with Crippen LogP contribution in [0.4, 0.5) is 5.69 Å². The number of nitrogens with one attached hydrogen (secondary N) is 1. The number of aromatic nitrogens is 1. The lowest BCUT2D eigenvalue weighted by Gasteiger charge is -2.25. The van der Waals surface area contributed by atoms with Crippen LogP contribution in [0.25, 0.3) is 0 Å². The molecule has 4 heteroatoms. The Bertz CT molecular complexity index is 678. The lowest BCUT2D eigenvalue weighted by molar-refractivity contribution is 0.101. The Morgan fingerprint density at radius 3 is 2.27 bits per heavy atom. The molecule has 3 nitrogen and oxygen atoms in total. The third-order valence-electron chi connectivity index (χ3n) is 3.70. The van der Waals surface area contributed by atoms with Crippen molar-refractivity contribution in [3.8, 4) is 0 Å². The van der Waals surface area contributed by atoms with Gasteiger partial charge in [-0.15, -0.1) is 0 Å². The quantitative estimate of drug-likeness (QED) is 0.783. The van der Waals surface area contributed by atoms with Gasteiger partial charge in [0.1, 0.15) is 0 Å². The molecular weight excluding hydrogens is 340 g/mol. The van der Waals surface area contributed by atoms with Gasteiger partial charge >= 0.3 is 0 Å². The number of Topliss-reactive ketones (excluding diaryl/α,β-unsaturated/α-hetero) is 1. The van der Waals surface area contributed by atoms with E-state index in [-0.39, 0.29) is 11.3 Å². The molecule has 0 atom stereocenters. The molecular formula is C18H23BrN2O. The van der Waals surface area contributed by atoms with Gasteiger partial charge in [-0.1, -0.05) is 15.9 Å². The van der Waals surface area contributed by atoms with Crippen molar-refractivity contribution < 1.29 is 4.79 Å². The summed E-state index contributed by atoms with van der Waals surface area (Å²) in [6, 6.07) is 9.81. The van der Waals surface area contributed by atoms with Gasteiger partial charge in [-0.2, -0.15) is 0 Å². The summed E-state index contributed by atoms with van der Waals surface area (Å²) in [7, 11) is 0. The van der Waals surface area contributed by atoms with E-state index in [0.29, 0.717) is 6.54 Å². The van der Waals surface area contributed by atoms with Crippen LogP contribution >= 0.6 is 15.9 Å². The number of benzene rings is 1. The largest absolute Gasteiger partial charge is 0.378 e. The third kappa shape index (κ3) is 3.61. The first kappa shape index (κ1) is 16.8. The maximum Gasteiger partial charge on any atom is 0.183 e. The number of ketones is 1. The van der Waals surface area contributed by atoms with Gasteiger partial charge in [0.25, 0.3) is 0 Å². The van der Waals surface area contributed by atoms with E-state index in [0.717, 1.165) is 27.1 Å². The van der Waals surface area contributed by atoms with Crippen molar-refractivity contribution in [2.75, 3.05) is 11.9 Å². The third-order valence-corrected chi connectivity index (χ3v) is 4.23. The maximum atomic E-state index is 12.5. The number of nitrogens with zero attached hydrogens (tertiary/aromatic N) is 1. The van der Waals surface area contributed by atoms with Crippen LogP contribution in [0.1, 0.15) is 42.5 Å². The fourth-order valence-corrected chi connectivity index (χ4v) is 3.19. The number of halogens is 1. The number of carbonyl (C=O) groups is 1. The number of anilines is 1. The number of rotatable bonds is 4. The van der Waals surface area contributed by atoms with E-state index in [9.17, 15) is 4.79 Å². The minimum atomic E-state index is -0.0220. The molecule has 1 aromatic carbocycles. The van der Waals surface area contributed by atoms with Gasteiger partial charge in [-0.3, -0.25) is 4.79 Å². The van der Waals surface area contributed by atoms with E-state index >= 15 is 0 Å². The SMILES string of the molecule is Cc1cc(C(=O)CNc2ccc(Br)cc2)c(C)n1C(C)(C)C. The van der Waals surface area contributed by atoms with Gasteiger partial charge in [0.15, 0.2) is 5.78 Å². The molecule has 0 amide bonds. The average Bonchev–Trinajstić information content (AvgIpc) is 2.72. The van der Waals surface area contributed by atoms with Gasteiger partial charge in [-0.25, -0.2) is 0 Å². The fraction of sp³-hybridized carbons (Fsp3) is 0.389. The molecule has 1 aromatic heterocycles. The topological polar surface area (TPSA) is 34.0 Å². The van der Waals surface area contributed by atoms with Crippen molar-refractivity contribution in [1.82, 2.24) is 4.57 Å². The van der Waals surface area contributed by atoms with Crippen molar-refractivity contribution in [1.29, 1.82) is 0 Å². The number of hydrogen-bond acceptors (Lipinski definition) is 2. The molecule has 0 radical (unpaired) electrons. The molecule has 0 saturated carbocycles. The van der Waals surface area contributed by atoms with Crippen molar-refractivity contribution in [3.05, 3.63) is 51.8 Å².